The van der Waals surface area contributed by atoms with E-state index in [2.05, 4.69) is 0 Å². The Morgan fingerprint density at radius 3 is 2.33 bits per heavy atom. The van der Waals surface area contributed by atoms with Crippen molar-refractivity contribution in [1.29, 1.82) is 0 Å². The lowest BCUT2D eigenvalue weighted by Gasteiger charge is -2.04. The molecule has 1 aromatic carbocycles. The molecule has 1 aromatic rings. The van der Waals surface area contributed by atoms with E-state index in [0.29, 0.717) is 0 Å². The molecule has 3 heteroatoms. The summed E-state index contributed by atoms with van der Waals surface area (Å²) in [4.78, 5) is 10.7. The predicted octanol–water partition coefficient (Wildman–Crippen LogP) is 2.69. The summed E-state index contributed by atoms with van der Waals surface area (Å²) in [6.45, 7) is 1.68. The van der Waals surface area contributed by atoms with Gasteiger partial charge in [0.2, 0.25) is 5.24 Å². The number of hydrogen-bond donors (Lipinski definition) is 0. The summed E-state index contributed by atoms with van der Waals surface area (Å²) in [5.74, 6) is -0.680. The van der Waals surface area contributed by atoms with Crippen LogP contribution >= 0.6 is 11.6 Å². The van der Waals surface area contributed by atoms with Crippen molar-refractivity contribution in [3.63, 3.8) is 0 Å². The summed E-state index contributed by atoms with van der Waals surface area (Å²) in [6.07, 6.45) is 0. The van der Waals surface area contributed by atoms with Gasteiger partial charge >= 0.3 is 0 Å². The molecule has 0 unspecified atom stereocenters. The molecule has 0 aliphatic rings. The van der Waals surface area contributed by atoms with Crippen LogP contribution in [0.25, 0.3) is 0 Å². The molecular weight excluding hydrogens is 179 g/mol. The second kappa shape index (κ2) is 3.68. The zero-order chi connectivity index (χ0) is 9.14. The summed E-state index contributed by atoms with van der Waals surface area (Å²) < 4.78 is 12.4. The second-order valence-electron chi connectivity index (χ2n) is 2.58. The third-order valence-corrected chi connectivity index (χ3v) is 2.04. The van der Waals surface area contributed by atoms with Crippen LogP contribution in [0.4, 0.5) is 4.39 Å². The van der Waals surface area contributed by atoms with Gasteiger partial charge < -0.3 is 0 Å². The van der Waals surface area contributed by atoms with Gasteiger partial charge in [0, 0.05) is 0 Å². The maximum absolute atomic E-state index is 12.4. The molecule has 0 fully saturated rings. The minimum atomic E-state index is -0.429. The van der Waals surface area contributed by atoms with Crippen LogP contribution in [-0.4, -0.2) is 5.24 Å². The first-order chi connectivity index (χ1) is 5.61. The van der Waals surface area contributed by atoms with E-state index < -0.39 is 5.24 Å². The standard InChI is InChI=1S/C9H8ClFO/c1-6(9(10)12)7-2-4-8(11)5-3-7/h2-6H,1H3/t6-/m1/s1. The number of carbonyl (C=O) groups is 1. The largest absolute Gasteiger partial charge is 0.281 e. The van der Waals surface area contributed by atoms with Gasteiger partial charge in [-0.25, -0.2) is 4.39 Å². The zero-order valence-electron chi connectivity index (χ0n) is 6.55. The summed E-state index contributed by atoms with van der Waals surface area (Å²) in [7, 11) is 0. The molecule has 0 heterocycles. The summed E-state index contributed by atoms with van der Waals surface area (Å²) in [6, 6.07) is 5.73. The Kier molecular flexibility index (Phi) is 2.82. The van der Waals surface area contributed by atoms with E-state index in [-0.39, 0.29) is 11.7 Å². The highest BCUT2D eigenvalue weighted by atomic mass is 35.5. The molecule has 0 spiro atoms. The van der Waals surface area contributed by atoms with Crippen molar-refractivity contribution in [3.8, 4) is 0 Å². The molecular formula is C9H8ClFO. The third kappa shape index (κ3) is 2.05. The molecule has 0 N–H and O–H groups in total. The van der Waals surface area contributed by atoms with Crippen LogP contribution in [0.2, 0.25) is 0 Å². The normalized spacial score (nSPS) is 12.6. The van der Waals surface area contributed by atoms with E-state index >= 15 is 0 Å². The molecule has 12 heavy (non-hydrogen) atoms. The Labute approximate surface area is 75.2 Å². The van der Waals surface area contributed by atoms with Gasteiger partial charge in [-0.1, -0.05) is 19.1 Å². The Balaban J connectivity index is 2.89. The molecule has 0 amide bonds. The second-order valence-corrected chi connectivity index (χ2v) is 2.95. The van der Waals surface area contributed by atoms with Crippen LogP contribution in [-0.2, 0) is 4.79 Å². The van der Waals surface area contributed by atoms with Crippen LogP contribution in [0.5, 0.6) is 0 Å². The van der Waals surface area contributed by atoms with E-state index in [4.69, 9.17) is 11.6 Å². The number of halogens is 2. The molecule has 0 aliphatic heterocycles. The molecule has 1 rings (SSSR count). The molecule has 0 aromatic heterocycles. The van der Waals surface area contributed by atoms with Crippen LogP contribution in [0, 0.1) is 5.82 Å². The van der Waals surface area contributed by atoms with E-state index in [1.807, 2.05) is 0 Å². The molecule has 1 nitrogen and oxygen atoms in total. The highest BCUT2D eigenvalue weighted by molar-refractivity contribution is 6.64. The lowest BCUT2D eigenvalue weighted by atomic mass is 10.0. The first kappa shape index (κ1) is 9.20. The minimum Gasteiger partial charge on any atom is -0.281 e. The van der Waals surface area contributed by atoms with Crippen molar-refractivity contribution in [3.05, 3.63) is 35.6 Å². The molecule has 1 atom stereocenters. The van der Waals surface area contributed by atoms with Crippen LogP contribution in [0.15, 0.2) is 24.3 Å². The molecule has 0 bridgehead atoms. The number of carbonyl (C=O) groups excluding carboxylic acids is 1. The van der Waals surface area contributed by atoms with Gasteiger partial charge in [-0.3, -0.25) is 4.79 Å². The minimum absolute atomic E-state index is 0.312. The fraction of sp³-hybridized carbons (Fsp3) is 0.222. The monoisotopic (exact) mass is 186 g/mol. The molecule has 0 aliphatic carbocycles. The summed E-state index contributed by atoms with van der Waals surface area (Å²) >= 11 is 5.27. The predicted molar refractivity (Wildman–Crippen MR) is 45.7 cm³/mol. The fourth-order valence-corrected chi connectivity index (χ4v) is 1.01. The molecule has 64 valence electrons. The topological polar surface area (TPSA) is 17.1 Å². The Morgan fingerprint density at radius 2 is 1.92 bits per heavy atom. The van der Waals surface area contributed by atoms with E-state index in [9.17, 15) is 9.18 Å². The van der Waals surface area contributed by atoms with E-state index in [0.717, 1.165) is 5.56 Å². The van der Waals surface area contributed by atoms with Gasteiger partial charge in [0.05, 0.1) is 5.92 Å². The van der Waals surface area contributed by atoms with Crippen molar-refractivity contribution in [2.75, 3.05) is 0 Å². The smallest absolute Gasteiger partial charge is 0.228 e. The SMILES string of the molecule is C[C@@H](C(=O)Cl)c1ccc(F)cc1. The number of rotatable bonds is 2. The van der Waals surface area contributed by atoms with Gasteiger partial charge in [0.15, 0.2) is 0 Å². The average molecular weight is 187 g/mol. The van der Waals surface area contributed by atoms with Crippen molar-refractivity contribution in [1.82, 2.24) is 0 Å². The number of hydrogen-bond acceptors (Lipinski definition) is 1. The van der Waals surface area contributed by atoms with Gasteiger partial charge in [-0.15, -0.1) is 0 Å². The van der Waals surface area contributed by atoms with Crippen molar-refractivity contribution in [2.45, 2.75) is 12.8 Å². The Hall–Kier alpha value is -0.890. The zero-order valence-corrected chi connectivity index (χ0v) is 7.31. The van der Waals surface area contributed by atoms with E-state index in [1.165, 1.54) is 12.1 Å². The van der Waals surface area contributed by atoms with Gasteiger partial charge in [-0.2, -0.15) is 0 Å². The van der Waals surface area contributed by atoms with Gasteiger partial charge in [0.25, 0.3) is 0 Å². The maximum Gasteiger partial charge on any atom is 0.228 e. The Morgan fingerprint density at radius 1 is 1.42 bits per heavy atom. The lowest BCUT2D eigenvalue weighted by Crippen LogP contribution is -2.01. The number of benzene rings is 1. The van der Waals surface area contributed by atoms with Crippen LogP contribution in [0.1, 0.15) is 18.4 Å². The van der Waals surface area contributed by atoms with Crippen molar-refractivity contribution in [2.24, 2.45) is 0 Å². The van der Waals surface area contributed by atoms with Gasteiger partial charge in [-0.05, 0) is 29.3 Å². The summed E-state index contributed by atoms with van der Waals surface area (Å²) in [5, 5.41) is -0.429. The first-order valence-electron chi connectivity index (χ1n) is 3.56. The highest BCUT2D eigenvalue weighted by Crippen LogP contribution is 2.17. The first-order valence-corrected chi connectivity index (χ1v) is 3.94. The van der Waals surface area contributed by atoms with Crippen LogP contribution < -0.4 is 0 Å². The average Bonchev–Trinajstić information content (AvgIpc) is 2.04. The Bertz CT molecular complexity index is 281. The van der Waals surface area contributed by atoms with Crippen molar-refractivity contribution < 1.29 is 9.18 Å². The van der Waals surface area contributed by atoms with E-state index in [1.54, 1.807) is 19.1 Å². The highest BCUT2D eigenvalue weighted by Gasteiger charge is 2.11. The van der Waals surface area contributed by atoms with Crippen molar-refractivity contribution >= 4 is 16.8 Å². The molecule has 0 saturated heterocycles. The maximum atomic E-state index is 12.4. The summed E-state index contributed by atoms with van der Waals surface area (Å²) in [5.41, 5.74) is 0.733. The van der Waals surface area contributed by atoms with Gasteiger partial charge in [0.1, 0.15) is 5.82 Å². The molecule has 0 saturated carbocycles. The quantitative estimate of drug-likeness (QED) is 0.649. The molecule has 0 radical (unpaired) electrons. The third-order valence-electron chi connectivity index (χ3n) is 1.71. The van der Waals surface area contributed by atoms with Crippen LogP contribution in [0.3, 0.4) is 0 Å². The fourth-order valence-electron chi connectivity index (χ4n) is 0.882. The lowest BCUT2D eigenvalue weighted by molar-refractivity contribution is -0.112.